The van der Waals surface area contributed by atoms with Gasteiger partial charge in [0.25, 0.3) is 5.91 Å². The normalized spacial score (nSPS) is 23.0. The summed E-state index contributed by atoms with van der Waals surface area (Å²) in [5.41, 5.74) is 7.76. The molecule has 3 rings (SSSR count). The smallest absolute Gasteiger partial charge is 0.252 e. The predicted molar refractivity (Wildman–Crippen MR) is 94.8 cm³/mol. The van der Waals surface area contributed by atoms with Crippen LogP contribution in [0.1, 0.15) is 36.8 Å². The Bertz CT molecular complexity index is 620. The van der Waals surface area contributed by atoms with Crippen molar-refractivity contribution in [3.05, 3.63) is 35.4 Å². The van der Waals surface area contributed by atoms with E-state index in [-0.39, 0.29) is 17.9 Å². The van der Waals surface area contributed by atoms with E-state index in [1.165, 1.54) is 5.56 Å². The molecule has 136 valence electrons. The SMILES string of the molecule is NCCC(=O)NCC1CCCCN1C(=O)C1Cc2ccccc2CO1. The maximum atomic E-state index is 13.0. The Hall–Kier alpha value is -1.92. The number of carbonyl (C=O) groups excluding carboxylic acids is 2. The van der Waals surface area contributed by atoms with Crippen LogP contribution in [0.2, 0.25) is 0 Å². The first-order valence-corrected chi connectivity index (χ1v) is 9.14. The van der Waals surface area contributed by atoms with Gasteiger partial charge in [0, 0.05) is 38.5 Å². The van der Waals surface area contributed by atoms with Gasteiger partial charge >= 0.3 is 0 Å². The van der Waals surface area contributed by atoms with E-state index >= 15 is 0 Å². The van der Waals surface area contributed by atoms with Gasteiger partial charge in [0.15, 0.2) is 0 Å². The van der Waals surface area contributed by atoms with Gasteiger partial charge in [0.1, 0.15) is 6.10 Å². The average Bonchev–Trinajstić information content (AvgIpc) is 2.66. The molecule has 3 N–H and O–H groups in total. The Morgan fingerprint density at radius 2 is 2.04 bits per heavy atom. The average molecular weight is 345 g/mol. The number of rotatable bonds is 5. The van der Waals surface area contributed by atoms with Crippen molar-refractivity contribution in [2.24, 2.45) is 5.73 Å². The van der Waals surface area contributed by atoms with Gasteiger partial charge in [-0.15, -0.1) is 0 Å². The number of nitrogens with two attached hydrogens (primary N) is 1. The van der Waals surface area contributed by atoms with E-state index in [2.05, 4.69) is 11.4 Å². The van der Waals surface area contributed by atoms with Gasteiger partial charge in [-0.3, -0.25) is 9.59 Å². The molecule has 25 heavy (non-hydrogen) atoms. The van der Waals surface area contributed by atoms with Crippen molar-refractivity contribution in [3.8, 4) is 0 Å². The monoisotopic (exact) mass is 345 g/mol. The first-order valence-electron chi connectivity index (χ1n) is 9.14. The highest BCUT2D eigenvalue weighted by atomic mass is 16.5. The van der Waals surface area contributed by atoms with Crippen molar-refractivity contribution in [2.45, 2.75) is 50.9 Å². The second-order valence-electron chi connectivity index (χ2n) is 6.80. The van der Waals surface area contributed by atoms with Crippen LogP contribution in [0.15, 0.2) is 24.3 Å². The summed E-state index contributed by atoms with van der Waals surface area (Å²) in [5.74, 6) is -0.00408. The fourth-order valence-electron chi connectivity index (χ4n) is 3.64. The molecular weight excluding hydrogens is 318 g/mol. The van der Waals surface area contributed by atoms with Crippen molar-refractivity contribution < 1.29 is 14.3 Å². The van der Waals surface area contributed by atoms with E-state index < -0.39 is 6.10 Å². The lowest BCUT2D eigenvalue weighted by molar-refractivity contribution is -0.149. The first-order chi connectivity index (χ1) is 12.2. The summed E-state index contributed by atoms with van der Waals surface area (Å²) in [7, 11) is 0. The summed E-state index contributed by atoms with van der Waals surface area (Å²) in [4.78, 5) is 26.6. The molecule has 0 bridgehead atoms. The summed E-state index contributed by atoms with van der Waals surface area (Å²) in [5, 5.41) is 2.90. The fourth-order valence-corrected chi connectivity index (χ4v) is 3.64. The van der Waals surface area contributed by atoms with Gasteiger partial charge in [-0.25, -0.2) is 0 Å². The molecule has 2 unspecified atom stereocenters. The second-order valence-corrected chi connectivity index (χ2v) is 6.80. The zero-order valence-electron chi connectivity index (χ0n) is 14.6. The number of likely N-dealkylation sites (tertiary alicyclic amines) is 1. The Labute approximate surface area is 148 Å². The molecule has 2 aliphatic heterocycles. The number of nitrogens with one attached hydrogen (secondary N) is 1. The molecule has 0 aromatic heterocycles. The number of hydrogen-bond acceptors (Lipinski definition) is 4. The number of piperidine rings is 1. The highest BCUT2D eigenvalue weighted by Gasteiger charge is 2.34. The molecule has 2 atom stereocenters. The van der Waals surface area contributed by atoms with E-state index in [9.17, 15) is 9.59 Å². The third-order valence-electron chi connectivity index (χ3n) is 5.06. The van der Waals surface area contributed by atoms with Gasteiger partial charge < -0.3 is 20.7 Å². The molecule has 0 spiro atoms. The van der Waals surface area contributed by atoms with Crippen LogP contribution in [-0.4, -0.2) is 48.5 Å². The molecule has 1 aromatic carbocycles. The van der Waals surface area contributed by atoms with Gasteiger partial charge in [-0.05, 0) is 30.4 Å². The van der Waals surface area contributed by atoms with Crippen LogP contribution < -0.4 is 11.1 Å². The van der Waals surface area contributed by atoms with E-state index in [4.69, 9.17) is 10.5 Å². The van der Waals surface area contributed by atoms with Crippen molar-refractivity contribution in [2.75, 3.05) is 19.6 Å². The molecule has 2 heterocycles. The lowest BCUT2D eigenvalue weighted by Gasteiger charge is -2.38. The van der Waals surface area contributed by atoms with E-state index in [1.807, 2.05) is 23.1 Å². The van der Waals surface area contributed by atoms with Crippen molar-refractivity contribution in [3.63, 3.8) is 0 Å². The topological polar surface area (TPSA) is 84.7 Å². The molecule has 1 saturated heterocycles. The number of benzene rings is 1. The standard InChI is InChI=1S/C19H27N3O3/c20-9-8-18(23)21-12-16-7-3-4-10-22(16)19(24)17-11-14-5-1-2-6-15(14)13-25-17/h1-2,5-6,16-17H,3-4,7-13,20H2,(H,21,23). The van der Waals surface area contributed by atoms with Crippen molar-refractivity contribution in [1.29, 1.82) is 0 Å². The third-order valence-corrected chi connectivity index (χ3v) is 5.06. The summed E-state index contributed by atoms with van der Waals surface area (Å²) in [6, 6.07) is 8.16. The van der Waals surface area contributed by atoms with Gasteiger partial charge in [-0.1, -0.05) is 24.3 Å². The number of carbonyl (C=O) groups is 2. The third kappa shape index (κ3) is 4.38. The first kappa shape index (κ1) is 17.9. The Morgan fingerprint density at radius 1 is 1.24 bits per heavy atom. The summed E-state index contributed by atoms with van der Waals surface area (Å²) >= 11 is 0. The van der Waals surface area contributed by atoms with Crippen LogP contribution in [0.25, 0.3) is 0 Å². The van der Waals surface area contributed by atoms with Crippen molar-refractivity contribution in [1.82, 2.24) is 10.2 Å². The molecule has 0 aliphatic carbocycles. The maximum absolute atomic E-state index is 13.0. The minimum absolute atomic E-state index is 0.0451. The number of ether oxygens (including phenoxy) is 1. The maximum Gasteiger partial charge on any atom is 0.252 e. The summed E-state index contributed by atoms with van der Waals surface area (Å²) in [6.45, 7) is 2.05. The largest absolute Gasteiger partial charge is 0.363 e. The predicted octanol–water partition coefficient (Wildman–Crippen LogP) is 0.974. The number of nitrogens with zero attached hydrogens (tertiary/aromatic N) is 1. The Kier molecular flexibility index (Phi) is 6.04. The van der Waals surface area contributed by atoms with E-state index in [1.54, 1.807) is 0 Å². The van der Waals surface area contributed by atoms with Crippen molar-refractivity contribution >= 4 is 11.8 Å². The van der Waals surface area contributed by atoms with E-state index in [0.29, 0.717) is 32.5 Å². The van der Waals surface area contributed by atoms with Crippen LogP contribution >= 0.6 is 0 Å². The number of fused-ring (bicyclic) bond motifs is 1. The highest BCUT2D eigenvalue weighted by Crippen LogP contribution is 2.24. The van der Waals surface area contributed by atoms with Crippen LogP contribution in [0, 0.1) is 0 Å². The quantitative estimate of drug-likeness (QED) is 0.833. The van der Waals surface area contributed by atoms with Crippen LogP contribution in [0.4, 0.5) is 0 Å². The van der Waals surface area contributed by atoms with E-state index in [0.717, 1.165) is 31.4 Å². The highest BCUT2D eigenvalue weighted by molar-refractivity contribution is 5.82. The van der Waals surface area contributed by atoms with Crippen LogP contribution in [0.3, 0.4) is 0 Å². The lowest BCUT2D eigenvalue weighted by atomic mass is 9.96. The lowest BCUT2D eigenvalue weighted by Crippen LogP contribution is -2.53. The van der Waals surface area contributed by atoms with Crippen LogP contribution in [0.5, 0.6) is 0 Å². The minimum atomic E-state index is -0.421. The second kappa shape index (κ2) is 8.45. The molecule has 0 radical (unpaired) electrons. The molecular formula is C19H27N3O3. The number of amides is 2. The van der Waals surface area contributed by atoms with Gasteiger partial charge in [0.2, 0.25) is 5.91 Å². The molecule has 0 saturated carbocycles. The van der Waals surface area contributed by atoms with Crippen LogP contribution in [-0.2, 0) is 27.4 Å². The van der Waals surface area contributed by atoms with Gasteiger partial charge in [0.05, 0.1) is 6.61 Å². The summed E-state index contributed by atoms with van der Waals surface area (Å²) < 4.78 is 5.84. The number of hydrogen-bond donors (Lipinski definition) is 2. The Morgan fingerprint density at radius 3 is 2.84 bits per heavy atom. The van der Waals surface area contributed by atoms with Gasteiger partial charge in [-0.2, -0.15) is 0 Å². The Balaban J connectivity index is 1.62. The fraction of sp³-hybridized carbons (Fsp3) is 0.579. The molecule has 1 aromatic rings. The molecule has 6 heteroatoms. The summed E-state index contributed by atoms with van der Waals surface area (Å²) in [6.07, 6.45) is 3.52. The minimum Gasteiger partial charge on any atom is -0.363 e. The molecule has 2 aliphatic rings. The zero-order chi connectivity index (χ0) is 17.6. The molecule has 2 amide bonds. The zero-order valence-corrected chi connectivity index (χ0v) is 14.6. The molecule has 1 fully saturated rings. The molecule has 6 nitrogen and oxygen atoms in total.